The van der Waals surface area contributed by atoms with Gasteiger partial charge < -0.3 is 16.0 Å². The number of carbonyl (C=O) groups is 2. The van der Waals surface area contributed by atoms with E-state index < -0.39 is 6.04 Å². The molecule has 0 radical (unpaired) electrons. The Bertz CT molecular complexity index is 660. The first-order valence-electron chi connectivity index (χ1n) is 8.94. The van der Waals surface area contributed by atoms with Crippen molar-refractivity contribution in [2.75, 3.05) is 17.2 Å². The van der Waals surface area contributed by atoms with Crippen LogP contribution in [0.15, 0.2) is 18.2 Å². The van der Waals surface area contributed by atoms with Crippen molar-refractivity contribution in [3.8, 4) is 6.07 Å². The summed E-state index contributed by atoms with van der Waals surface area (Å²) in [6.45, 7) is 4.49. The summed E-state index contributed by atoms with van der Waals surface area (Å²) in [6, 6.07) is 6.58. The molecule has 1 aromatic carbocycles. The van der Waals surface area contributed by atoms with Gasteiger partial charge in [0.15, 0.2) is 0 Å². The van der Waals surface area contributed by atoms with Gasteiger partial charge in [-0.25, -0.2) is 0 Å². The topological polar surface area (TPSA) is 94.0 Å². The molecular weight excluding hydrogens is 316 g/mol. The van der Waals surface area contributed by atoms with Crippen LogP contribution in [0.5, 0.6) is 0 Å². The van der Waals surface area contributed by atoms with E-state index in [0.717, 1.165) is 44.3 Å². The van der Waals surface area contributed by atoms with Crippen molar-refractivity contribution in [3.05, 3.63) is 23.8 Å². The van der Waals surface area contributed by atoms with Crippen LogP contribution < -0.4 is 16.0 Å². The van der Waals surface area contributed by atoms with Crippen molar-refractivity contribution in [1.82, 2.24) is 5.32 Å². The molecular formula is C19H26N4O2. The molecule has 0 aliphatic heterocycles. The van der Waals surface area contributed by atoms with Crippen LogP contribution in [0.25, 0.3) is 0 Å². The molecule has 1 saturated carbocycles. The van der Waals surface area contributed by atoms with E-state index in [1.807, 2.05) is 0 Å². The van der Waals surface area contributed by atoms with Crippen molar-refractivity contribution in [2.45, 2.75) is 52.0 Å². The van der Waals surface area contributed by atoms with E-state index >= 15 is 0 Å². The molecule has 0 saturated heterocycles. The second kappa shape index (κ2) is 9.07. The number of rotatable bonds is 7. The maximum Gasteiger partial charge on any atom is 0.246 e. The number of amides is 2. The highest BCUT2D eigenvalue weighted by Crippen LogP contribution is 2.25. The Morgan fingerprint density at radius 2 is 2.00 bits per heavy atom. The normalized spacial score (nSPS) is 15.2. The number of carbonyl (C=O) groups excluding carboxylic acids is 2. The molecule has 2 amide bonds. The standard InChI is InChI=1S/C19H26N4O2/c1-3-10-21-16-9-8-14(12-20)11-17(16)23-18(24)13(2)22-19(25)15-6-4-5-7-15/h8-9,11,13,15,21H,3-7,10H2,1-2H3,(H,22,25)(H,23,24)/t13-/m1/s1. The van der Waals surface area contributed by atoms with Gasteiger partial charge in [-0.3, -0.25) is 9.59 Å². The summed E-state index contributed by atoms with van der Waals surface area (Å²) in [7, 11) is 0. The minimum Gasteiger partial charge on any atom is -0.383 e. The third kappa shape index (κ3) is 5.21. The van der Waals surface area contributed by atoms with Crippen molar-refractivity contribution < 1.29 is 9.59 Å². The lowest BCUT2D eigenvalue weighted by molar-refractivity contribution is -0.128. The van der Waals surface area contributed by atoms with Crippen LogP contribution in [0.3, 0.4) is 0 Å². The highest BCUT2D eigenvalue weighted by atomic mass is 16.2. The molecule has 1 aliphatic carbocycles. The van der Waals surface area contributed by atoms with Crippen LogP contribution in [0.4, 0.5) is 11.4 Å². The zero-order valence-electron chi connectivity index (χ0n) is 14.9. The molecule has 0 spiro atoms. The van der Waals surface area contributed by atoms with E-state index in [-0.39, 0.29) is 17.7 Å². The minimum atomic E-state index is -0.627. The summed E-state index contributed by atoms with van der Waals surface area (Å²) in [6.07, 6.45) is 4.89. The monoisotopic (exact) mass is 342 g/mol. The fourth-order valence-electron chi connectivity index (χ4n) is 2.96. The lowest BCUT2D eigenvalue weighted by Gasteiger charge is -2.18. The van der Waals surface area contributed by atoms with E-state index in [4.69, 9.17) is 5.26 Å². The minimum absolute atomic E-state index is 0.0268. The van der Waals surface area contributed by atoms with Crippen molar-refractivity contribution in [1.29, 1.82) is 5.26 Å². The first-order valence-corrected chi connectivity index (χ1v) is 8.94. The lowest BCUT2D eigenvalue weighted by Crippen LogP contribution is -2.43. The quantitative estimate of drug-likeness (QED) is 0.710. The molecule has 0 bridgehead atoms. The number of nitriles is 1. The molecule has 0 heterocycles. The Morgan fingerprint density at radius 3 is 2.64 bits per heavy atom. The summed E-state index contributed by atoms with van der Waals surface area (Å²) in [5, 5.41) is 17.9. The molecule has 134 valence electrons. The number of nitrogens with one attached hydrogen (secondary N) is 3. The predicted molar refractivity (Wildman–Crippen MR) is 98.1 cm³/mol. The van der Waals surface area contributed by atoms with Crippen molar-refractivity contribution in [2.24, 2.45) is 5.92 Å². The summed E-state index contributed by atoms with van der Waals surface area (Å²) >= 11 is 0. The Morgan fingerprint density at radius 1 is 1.28 bits per heavy atom. The zero-order chi connectivity index (χ0) is 18.2. The first kappa shape index (κ1) is 18.8. The molecule has 25 heavy (non-hydrogen) atoms. The van der Waals surface area contributed by atoms with E-state index in [2.05, 4.69) is 28.9 Å². The molecule has 1 fully saturated rings. The maximum absolute atomic E-state index is 12.5. The van der Waals surface area contributed by atoms with Gasteiger partial charge >= 0.3 is 0 Å². The van der Waals surface area contributed by atoms with E-state index in [0.29, 0.717) is 11.3 Å². The Hall–Kier alpha value is -2.55. The van der Waals surface area contributed by atoms with E-state index in [1.165, 1.54) is 0 Å². The van der Waals surface area contributed by atoms with Crippen LogP contribution in [-0.4, -0.2) is 24.4 Å². The van der Waals surface area contributed by atoms with E-state index in [9.17, 15) is 9.59 Å². The number of hydrogen-bond acceptors (Lipinski definition) is 4. The fourth-order valence-corrected chi connectivity index (χ4v) is 2.96. The highest BCUT2D eigenvalue weighted by Gasteiger charge is 2.25. The summed E-state index contributed by atoms with van der Waals surface area (Å²) in [5.74, 6) is -0.310. The van der Waals surface area contributed by atoms with Crippen molar-refractivity contribution in [3.63, 3.8) is 0 Å². The molecule has 1 aliphatic rings. The van der Waals surface area contributed by atoms with Crippen molar-refractivity contribution >= 4 is 23.2 Å². The smallest absolute Gasteiger partial charge is 0.246 e. The Labute approximate surface area is 149 Å². The number of nitrogens with zero attached hydrogens (tertiary/aromatic N) is 1. The van der Waals surface area contributed by atoms with Crippen LogP contribution in [0.1, 0.15) is 51.5 Å². The summed E-state index contributed by atoms with van der Waals surface area (Å²) < 4.78 is 0. The van der Waals surface area contributed by atoms with Crippen LogP contribution in [0.2, 0.25) is 0 Å². The zero-order valence-corrected chi connectivity index (χ0v) is 14.9. The second-order valence-corrected chi connectivity index (χ2v) is 6.50. The lowest BCUT2D eigenvalue weighted by atomic mass is 10.1. The second-order valence-electron chi connectivity index (χ2n) is 6.50. The number of benzene rings is 1. The SMILES string of the molecule is CCCNc1ccc(C#N)cc1NC(=O)[C@@H](C)NC(=O)C1CCCC1. The fraction of sp³-hybridized carbons (Fsp3) is 0.526. The average Bonchev–Trinajstić information content (AvgIpc) is 3.15. The molecule has 3 N–H and O–H groups in total. The third-order valence-corrected chi connectivity index (χ3v) is 4.45. The van der Waals surface area contributed by atoms with Gasteiger partial charge in [-0.2, -0.15) is 5.26 Å². The largest absolute Gasteiger partial charge is 0.383 e. The molecule has 1 aromatic rings. The molecule has 0 unspecified atom stereocenters. The third-order valence-electron chi connectivity index (χ3n) is 4.45. The first-order chi connectivity index (χ1) is 12.0. The highest BCUT2D eigenvalue weighted by molar-refractivity contribution is 5.99. The van der Waals surface area contributed by atoms with Gasteiger partial charge in [0, 0.05) is 12.5 Å². The average molecular weight is 342 g/mol. The van der Waals surface area contributed by atoms with Gasteiger partial charge in [-0.15, -0.1) is 0 Å². The van der Waals surface area contributed by atoms with Crippen LogP contribution >= 0.6 is 0 Å². The summed E-state index contributed by atoms with van der Waals surface area (Å²) in [5.41, 5.74) is 1.79. The van der Waals surface area contributed by atoms with Crippen LogP contribution in [-0.2, 0) is 9.59 Å². The maximum atomic E-state index is 12.5. The Balaban J connectivity index is 2.02. The molecule has 6 nitrogen and oxygen atoms in total. The van der Waals surface area contributed by atoms with Gasteiger partial charge in [-0.1, -0.05) is 19.8 Å². The van der Waals surface area contributed by atoms with Crippen LogP contribution in [0, 0.1) is 17.2 Å². The van der Waals surface area contributed by atoms with Gasteiger partial charge in [0.2, 0.25) is 11.8 Å². The number of anilines is 2. The molecule has 1 atom stereocenters. The predicted octanol–water partition coefficient (Wildman–Crippen LogP) is 3.01. The molecule has 2 rings (SSSR count). The Kier molecular flexibility index (Phi) is 6.81. The van der Waals surface area contributed by atoms with Gasteiger partial charge in [0.1, 0.15) is 6.04 Å². The molecule has 6 heteroatoms. The van der Waals surface area contributed by atoms with Gasteiger partial charge in [0.05, 0.1) is 23.0 Å². The summed E-state index contributed by atoms with van der Waals surface area (Å²) in [4.78, 5) is 24.6. The van der Waals surface area contributed by atoms with E-state index in [1.54, 1.807) is 25.1 Å². The molecule has 0 aromatic heterocycles. The van der Waals surface area contributed by atoms with Gasteiger partial charge in [-0.05, 0) is 44.4 Å². The van der Waals surface area contributed by atoms with Gasteiger partial charge in [0.25, 0.3) is 0 Å². The number of hydrogen-bond donors (Lipinski definition) is 3.